The Morgan fingerprint density at radius 3 is 2.40 bits per heavy atom. The van der Waals surface area contributed by atoms with Crippen molar-refractivity contribution in [2.45, 2.75) is 33.7 Å². The van der Waals surface area contributed by atoms with Crippen LogP contribution in [0.1, 0.15) is 26.3 Å². The van der Waals surface area contributed by atoms with Crippen molar-refractivity contribution in [3.05, 3.63) is 29.8 Å². The van der Waals surface area contributed by atoms with Crippen LogP contribution in [0.3, 0.4) is 0 Å². The van der Waals surface area contributed by atoms with Gasteiger partial charge in [0.2, 0.25) is 5.91 Å². The molecule has 1 atom stereocenters. The maximum absolute atomic E-state index is 12.3. The van der Waals surface area contributed by atoms with E-state index in [9.17, 15) is 9.59 Å². The molecular formula is C19H30N4O2. The number of hydrogen-bond donors (Lipinski definition) is 2. The van der Waals surface area contributed by atoms with Gasteiger partial charge in [-0.25, -0.2) is 4.79 Å². The van der Waals surface area contributed by atoms with E-state index in [-0.39, 0.29) is 11.9 Å². The Hall–Kier alpha value is -2.08. The average molecular weight is 346 g/mol. The lowest BCUT2D eigenvalue weighted by molar-refractivity contribution is -0.124. The number of urea groups is 1. The van der Waals surface area contributed by atoms with Crippen LogP contribution in [0, 0.1) is 12.8 Å². The number of benzene rings is 1. The summed E-state index contributed by atoms with van der Waals surface area (Å²) in [5, 5.41) is 5.15. The number of nitrogens with one attached hydrogen (secondary N) is 2. The highest BCUT2D eigenvalue weighted by atomic mass is 16.2. The highest BCUT2D eigenvalue weighted by Crippen LogP contribution is 2.18. The highest BCUT2D eigenvalue weighted by Gasteiger charge is 2.26. The molecule has 2 rings (SSSR count). The molecule has 0 aliphatic carbocycles. The molecule has 1 saturated heterocycles. The number of imide groups is 1. The molecule has 0 spiro atoms. The number of anilines is 1. The Balaban J connectivity index is 1.81. The molecular weight excluding hydrogens is 316 g/mol. The van der Waals surface area contributed by atoms with Gasteiger partial charge in [-0.05, 0) is 37.5 Å². The van der Waals surface area contributed by atoms with Crippen LogP contribution in [0.2, 0.25) is 0 Å². The molecule has 138 valence electrons. The monoisotopic (exact) mass is 346 g/mol. The summed E-state index contributed by atoms with van der Waals surface area (Å²) in [4.78, 5) is 28.5. The van der Waals surface area contributed by atoms with E-state index < -0.39 is 6.03 Å². The largest absolute Gasteiger partial charge is 0.369 e. The highest BCUT2D eigenvalue weighted by molar-refractivity contribution is 5.96. The molecule has 1 heterocycles. The first-order valence-corrected chi connectivity index (χ1v) is 9.01. The molecule has 3 amide bonds. The summed E-state index contributed by atoms with van der Waals surface area (Å²) in [6.45, 7) is 11.9. The molecule has 1 aromatic rings. The van der Waals surface area contributed by atoms with Crippen molar-refractivity contribution in [1.29, 1.82) is 0 Å². The van der Waals surface area contributed by atoms with E-state index in [4.69, 9.17) is 0 Å². The van der Waals surface area contributed by atoms with Crippen LogP contribution in [0.25, 0.3) is 0 Å². The second kappa shape index (κ2) is 8.85. The normalized spacial score (nSPS) is 16.6. The van der Waals surface area contributed by atoms with Crippen LogP contribution in [0.4, 0.5) is 10.5 Å². The molecule has 1 aliphatic rings. The molecule has 6 nitrogen and oxygen atoms in total. The van der Waals surface area contributed by atoms with Crippen molar-refractivity contribution in [1.82, 2.24) is 15.5 Å². The van der Waals surface area contributed by atoms with Crippen molar-refractivity contribution in [3.8, 4) is 0 Å². The van der Waals surface area contributed by atoms with E-state index in [0.717, 1.165) is 26.2 Å². The topological polar surface area (TPSA) is 64.7 Å². The number of aryl methyl sites for hydroxylation is 1. The second-order valence-corrected chi connectivity index (χ2v) is 7.13. The summed E-state index contributed by atoms with van der Waals surface area (Å²) in [5.41, 5.74) is 2.48. The van der Waals surface area contributed by atoms with Gasteiger partial charge in [-0.1, -0.05) is 26.0 Å². The number of amides is 3. The van der Waals surface area contributed by atoms with E-state index in [1.807, 2.05) is 20.8 Å². The lowest BCUT2D eigenvalue weighted by atomic mass is 10.1. The first-order chi connectivity index (χ1) is 11.9. The van der Waals surface area contributed by atoms with Gasteiger partial charge in [0.05, 0.1) is 6.04 Å². The molecule has 25 heavy (non-hydrogen) atoms. The van der Waals surface area contributed by atoms with Crippen molar-refractivity contribution in [3.63, 3.8) is 0 Å². The van der Waals surface area contributed by atoms with E-state index in [2.05, 4.69) is 51.6 Å². The van der Waals surface area contributed by atoms with Crippen molar-refractivity contribution in [2.24, 2.45) is 5.92 Å². The molecule has 1 fully saturated rings. The minimum atomic E-state index is -0.413. The molecule has 0 saturated carbocycles. The predicted octanol–water partition coefficient (Wildman–Crippen LogP) is 1.99. The van der Waals surface area contributed by atoms with Gasteiger partial charge < -0.3 is 10.2 Å². The van der Waals surface area contributed by atoms with Crippen LogP contribution in [-0.2, 0) is 4.79 Å². The number of carbonyl (C=O) groups excluding carboxylic acids is 2. The van der Waals surface area contributed by atoms with Crippen LogP contribution in [-0.4, -0.2) is 55.6 Å². The van der Waals surface area contributed by atoms with Gasteiger partial charge in [-0.2, -0.15) is 0 Å². The molecule has 0 aromatic heterocycles. The number of piperazine rings is 1. The molecule has 0 bridgehead atoms. The zero-order valence-corrected chi connectivity index (χ0v) is 15.7. The summed E-state index contributed by atoms with van der Waals surface area (Å²) < 4.78 is 0. The SMILES string of the molecule is Cc1cccc(N2CCN(C(C)C(=O)NC(=O)NCC(C)C)CC2)c1. The number of rotatable bonds is 5. The fourth-order valence-corrected chi connectivity index (χ4v) is 2.92. The van der Waals surface area contributed by atoms with Crippen LogP contribution >= 0.6 is 0 Å². The summed E-state index contributed by atoms with van der Waals surface area (Å²) in [5.74, 6) is 0.109. The Morgan fingerprint density at radius 1 is 1.12 bits per heavy atom. The molecule has 1 unspecified atom stereocenters. The van der Waals surface area contributed by atoms with E-state index in [1.54, 1.807) is 0 Å². The smallest absolute Gasteiger partial charge is 0.321 e. The third-order valence-electron chi connectivity index (χ3n) is 4.52. The fraction of sp³-hybridized carbons (Fsp3) is 0.579. The van der Waals surface area contributed by atoms with Crippen LogP contribution in [0.5, 0.6) is 0 Å². The lowest BCUT2D eigenvalue weighted by Gasteiger charge is -2.38. The molecule has 2 N–H and O–H groups in total. The number of hydrogen-bond acceptors (Lipinski definition) is 4. The van der Waals surface area contributed by atoms with Gasteiger partial charge in [0.15, 0.2) is 0 Å². The summed E-state index contributed by atoms with van der Waals surface area (Å²) >= 11 is 0. The third-order valence-corrected chi connectivity index (χ3v) is 4.52. The van der Waals surface area contributed by atoms with Crippen LogP contribution in [0.15, 0.2) is 24.3 Å². The quantitative estimate of drug-likeness (QED) is 0.856. The predicted molar refractivity (Wildman–Crippen MR) is 101 cm³/mol. The van der Waals surface area contributed by atoms with Crippen LogP contribution < -0.4 is 15.5 Å². The van der Waals surface area contributed by atoms with Crippen molar-refractivity contribution < 1.29 is 9.59 Å². The lowest BCUT2D eigenvalue weighted by Crippen LogP contribution is -2.55. The van der Waals surface area contributed by atoms with E-state index in [1.165, 1.54) is 11.3 Å². The second-order valence-electron chi connectivity index (χ2n) is 7.13. The van der Waals surface area contributed by atoms with Gasteiger partial charge in [0, 0.05) is 38.4 Å². The summed E-state index contributed by atoms with van der Waals surface area (Å²) in [6, 6.07) is 7.75. The maximum Gasteiger partial charge on any atom is 0.321 e. The Bertz CT molecular complexity index is 595. The molecule has 0 radical (unpaired) electrons. The molecule has 1 aliphatic heterocycles. The standard InChI is InChI=1S/C19H30N4O2/c1-14(2)13-20-19(25)21-18(24)16(4)22-8-10-23(11-9-22)17-7-5-6-15(3)12-17/h5-7,12,14,16H,8-11,13H2,1-4H3,(H2,20,21,24,25). The summed E-state index contributed by atoms with van der Waals surface area (Å²) in [6.07, 6.45) is 0. The summed E-state index contributed by atoms with van der Waals surface area (Å²) in [7, 11) is 0. The number of nitrogens with zero attached hydrogens (tertiary/aromatic N) is 2. The van der Waals surface area contributed by atoms with E-state index >= 15 is 0 Å². The van der Waals surface area contributed by atoms with Crippen molar-refractivity contribution >= 4 is 17.6 Å². The Labute approximate surface area is 150 Å². The first-order valence-electron chi connectivity index (χ1n) is 9.01. The zero-order valence-electron chi connectivity index (χ0n) is 15.7. The maximum atomic E-state index is 12.3. The minimum absolute atomic E-state index is 0.245. The first kappa shape index (κ1) is 19.2. The van der Waals surface area contributed by atoms with Crippen molar-refractivity contribution in [2.75, 3.05) is 37.6 Å². The Kier molecular flexibility index (Phi) is 6.82. The fourth-order valence-electron chi connectivity index (χ4n) is 2.92. The number of carbonyl (C=O) groups is 2. The van der Waals surface area contributed by atoms with E-state index in [0.29, 0.717) is 12.5 Å². The average Bonchev–Trinajstić information content (AvgIpc) is 2.59. The van der Waals surface area contributed by atoms with Gasteiger partial charge in [0.1, 0.15) is 0 Å². The third kappa shape index (κ3) is 5.74. The minimum Gasteiger partial charge on any atom is -0.369 e. The molecule has 6 heteroatoms. The van der Waals surface area contributed by atoms with Gasteiger partial charge in [-0.3, -0.25) is 15.0 Å². The van der Waals surface area contributed by atoms with Gasteiger partial charge >= 0.3 is 6.03 Å². The van der Waals surface area contributed by atoms with Gasteiger partial charge in [0.25, 0.3) is 0 Å². The van der Waals surface area contributed by atoms with Gasteiger partial charge in [-0.15, -0.1) is 0 Å². The zero-order chi connectivity index (χ0) is 18.4. The molecule has 1 aromatic carbocycles. The Morgan fingerprint density at radius 2 is 1.80 bits per heavy atom.